The molecule has 0 radical (unpaired) electrons. The third-order valence-corrected chi connectivity index (χ3v) is 4.19. The lowest BCUT2D eigenvalue weighted by atomic mass is 10.1. The van der Waals surface area contributed by atoms with Gasteiger partial charge in [0, 0.05) is 6.42 Å². The van der Waals surface area contributed by atoms with Crippen molar-refractivity contribution in [3.05, 3.63) is 53.1 Å². The first-order valence-electron chi connectivity index (χ1n) is 9.00. The Morgan fingerprint density at radius 3 is 2.46 bits per heavy atom. The number of aryl methyl sites for hydroxylation is 2. The molecule has 0 aliphatic carbocycles. The molecule has 0 heterocycles. The first-order chi connectivity index (χ1) is 12.5. The maximum atomic E-state index is 11.9. The smallest absolute Gasteiger partial charge is 0.250 e. The van der Waals surface area contributed by atoms with Gasteiger partial charge in [0.1, 0.15) is 18.1 Å². The van der Waals surface area contributed by atoms with Crippen LogP contribution >= 0.6 is 0 Å². The fourth-order valence-electron chi connectivity index (χ4n) is 2.72. The number of hydrogen-bond acceptors (Lipinski definition) is 4. The van der Waals surface area contributed by atoms with Crippen LogP contribution in [0, 0.1) is 6.92 Å². The minimum Gasteiger partial charge on any atom is -0.493 e. The molecule has 0 spiro atoms. The Bertz CT molecular complexity index is 758. The number of amides is 1. The molecule has 1 N–H and O–H groups in total. The van der Waals surface area contributed by atoms with Crippen molar-refractivity contribution in [1.29, 1.82) is 0 Å². The van der Waals surface area contributed by atoms with Crippen LogP contribution in [0.4, 0.5) is 5.69 Å². The zero-order chi connectivity index (χ0) is 19.1. The van der Waals surface area contributed by atoms with E-state index in [0.29, 0.717) is 28.7 Å². The fourth-order valence-corrected chi connectivity index (χ4v) is 2.72. The van der Waals surface area contributed by atoms with E-state index in [1.807, 2.05) is 32.0 Å². The second kappa shape index (κ2) is 9.25. The summed E-state index contributed by atoms with van der Waals surface area (Å²) in [5.74, 6) is 0.977. The van der Waals surface area contributed by atoms with Gasteiger partial charge in [0.15, 0.2) is 0 Å². The number of hydroxylamine groups is 1. The van der Waals surface area contributed by atoms with Crippen LogP contribution in [0.1, 0.15) is 43.9 Å². The lowest BCUT2D eigenvalue weighted by Crippen LogP contribution is -2.27. The third-order valence-electron chi connectivity index (χ3n) is 4.19. The third kappa shape index (κ3) is 4.55. The summed E-state index contributed by atoms with van der Waals surface area (Å²) in [5.41, 5.74) is 3.31. The molecule has 0 saturated heterocycles. The van der Waals surface area contributed by atoms with E-state index in [2.05, 4.69) is 13.0 Å². The highest BCUT2D eigenvalue weighted by Crippen LogP contribution is 2.31. The second-order valence-electron chi connectivity index (χ2n) is 5.99. The molecule has 0 aromatic heterocycles. The molecule has 2 aromatic rings. The minimum absolute atomic E-state index is 0.186. The lowest BCUT2D eigenvalue weighted by molar-refractivity contribution is -0.123. The van der Waals surface area contributed by atoms with Crippen LogP contribution in [-0.4, -0.2) is 17.7 Å². The molecule has 0 aliphatic rings. The lowest BCUT2D eigenvalue weighted by Gasteiger charge is -2.21. The topological polar surface area (TPSA) is 59.0 Å². The van der Waals surface area contributed by atoms with Crippen molar-refractivity contribution in [2.45, 2.75) is 47.1 Å². The van der Waals surface area contributed by atoms with Crippen molar-refractivity contribution in [1.82, 2.24) is 0 Å². The summed E-state index contributed by atoms with van der Waals surface area (Å²) >= 11 is 0. The van der Waals surface area contributed by atoms with Crippen LogP contribution in [0.2, 0.25) is 0 Å². The number of nitrogens with zero attached hydrogens (tertiary/aromatic N) is 1. The van der Waals surface area contributed by atoms with Crippen LogP contribution in [0.25, 0.3) is 0 Å². The van der Waals surface area contributed by atoms with E-state index in [1.165, 1.54) is 5.56 Å². The quantitative estimate of drug-likeness (QED) is 0.551. The molecule has 5 nitrogen and oxygen atoms in total. The van der Waals surface area contributed by atoms with E-state index in [0.717, 1.165) is 17.7 Å². The summed E-state index contributed by atoms with van der Waals surface area (Å²) in [5, 5.41) is 10.9. The molecule has 0 bridgehead atoms. The predicted molar refractivity (Wildman–Crippen MR) is 102 cm³/mol. The number of anilines is 1. The number of carbonyl (C=O) groups excluding carboxylic acids is 1. The first kappa shape index (κ1) is 19.8. The van der Waals surface area contributed by atoms with Crippen LogP contribution in [0.3, 0.4) is 0 Å². The molecule has 0 aliphatic heterocycles. The van der Waals surface area contributed by atoms with Gasteiger partial charge >= 0.3 is 0 Å². The largest absolute Gasteiger partial charge is 0.493 e. The molecule has 0 atom stereocenters. The number of ether oxygens (including phenoxy) is 2. The van der Waals surface area contributed by atoms with E-state index in [4.69, 9.17) is 9.47 Å². The molecule has 0 saturated carbocycles. The molecule has 1 amide bonds. The summed E-state index contributed by atoms with van der Waals surface area (Å²) in [6.45, 7) is 8.37. The normalized spacial score (nSPS) is 10.5. The number of carbonyl (C=O) groups is 1. The maximum Gasteiger partial charge on any atom is 0.250 e. The Kier molecular flexibility index (Phi) is 7.04. The van der Waals surface area contributed by atoms with E-state index in [9.17, 15) is 10.0 Å². The average molecular weight is 357 g/mol. The summed E-state index contributed by atoms with van der Waals surface area (Å²) in [6.07, 6.45) is 1.17. The summed E-state index contributed by atoms with van der Waals surface area (Å²) < 4.78 is 11.7. The van der Waals surface area contributed by atoms with Gasteiger partial charge in [0.05, 0.1) is 17.9 Å². The molecule has 140 valence electrons. The van der Waals surface area contributed by atoms with Gasteiger partial charge in [-0.3, -0.25) is 10.0 Å². The van der Waals surface area contributed by atoms with Gasteiger partial charge in [-0.1, -0.05) is 32.0 Å². The molecule has 0 unspecified atom stereocenters. The molecule has 2 rings (SSSR count). The van der Waals surface area contributed by atoms with Crippen LogP contribution in [0.5, 0.6) is 11.5 Å². The number of rotatable bonds is 8. The summed E-state index contributed by atoms with van der Waals surface area (Å²) in [4.78, 5) is 11.9. The Hall–Kier alpha value is -2.53. The molecule has 26 heavy (non-hydrogen) atoms. The van der Waals surface area contributed by atoms with E-state index in [1.54, 1.807) is 19.1 Å². The highest BCUT2D eigenvalue weighted by Gasteiger charge is 2.19. The van der Waals surface area contributed by atoms with Gasteiger partial charge in [-0.15, -0.1) is 0 Å². The summed E-state index contributed by atoms with van der Waals surface area (Å²) in [6, 6.07) is 11.3. The Balaban J connectivity index is 2.32. The van der Waals surface area contributed by atoms with E-state index >= 15 is 0 Å². The molecular weight excluding hydrogens is 330 g/mol. The SMILES string of the molecule is CCOc1cccc(N(O)C(=O)CC)c1COc1ccc(CC)cc1C. The van der Waals surface area contributed by atoms with Gasteiger partial charge < -0.3 is 9.47 Å². The van der Waals surface area contributed by atoms with Crippen LogP contribution in [-0.2, 0) is 17.8 Å². The average Bonchev–Trinajstić information content (AvgIpc) is 2.66. The van der Waals surface area contributed by atoms with Crippen LogP contribution < -0.4 is 14.5 Å². The highest BCUT2D eigenvalue weighted by atomic mass is 16.5. The van der Waals surface area contributed by atoms with Crippen molar-refractivity contribution in [2.24, 2.45) is 0 Å². The van der Waals surface area contributed by atoms with Crippen molar-refractivity contribution < 1.29 is 19.5 Å². The van der Waals surface area contributed by atoms with Crippen molar-refractivity contribution in [2.75, 3.05) is 11.7 Å². The molecule has 2 aromatic carbocycles. The maximum absolute atomic E-state index is 11.9. The van der Waals surface area contributed by atoms with Crippen molar-refractivity contribution in [3.63, 3.8) is 0 Å². The van der Waals surface area contributed by atoms with Gasteiger partial charge in [-0.05, 0) is 49.6 Å². The Morgan fingerprint density at radius 1 is 1.08 bits per heavy atom. The predicted octanol–water partition coefficient (Wildman–Crippen LogP) is 4.67. The molecule has 5 heteroatoms. The molecular formula is C21H27NO4. The van der Waals surface area contributed by atoms with Gasteiger partial charge in [-0.25, -0.2) is 0 Å². The van der Waals surface area contributed by atoms with Gasteiger partial charge in [0.25, 0.3) is 0 Å². The van der Waals surface area contributed by atoms with Crippen LogP contribution in [0.15, 0.2) is 36.4 Å². The first-order valence-corrected chi connectivity index (χ1v) is 9.00. The molecule has 0 fully saturated rings. The van der Waals surface area contributed by atoms with E-state index < -0.39 is 0 Å². The minimum atomic E-state index is -0.386. The number of benzene rings is 2. The zero-order valence-electron chi connectivity index (χ0n) is 15.9. The number of hydrogen-bond donors (Lipinski definition) is 1. The fraction of sp³-hybridized carbons (Fsp3) is 0.381. The van der Waals surface area contributed by atoms with Crippen molar-refractivity contribution >= 4 is 11.6 Å². The van der Waals surface area contributed by atoms with Gasteiger partial charge in [0.2, 0.25) is 5.91 Å². The Labute approximate surface area is 155 Å². The monoisotopic (exact) mass is 357 g/mol. The Morgan fingerprint density at radius 2 is 1.85 bits per heavy atom. The van der Waals surface area contributed by atoms with Crippen molar-refractivity contribution in [3.8, 4) is 11.5 Å². The van der Waals surface area contributed by atoms with Gasteiger partial charge in [-0.2, -0.15) is 5.06 Å². The summed E-state index contributed by atoms with van der Waals surface area (Å²) in [7, 11) is 0. The zero-order valence-corrected chi connectivity index (χ0v) is 15.9. The standard InChI is InChI=1S/C21H27NO4/c1-5-16-11-12-19(15(4)13-16)26-14-17-18(22(24)21(23)6-2)9-8-10-20(17)25-7-3/h8-13,24H,5-7,14H2,1-4H3. The highest BCUT2D eigenvalue weighted by molar-refractivity contribution is 5.91. The van der Waals surface area contributed by atoms with E-state index in [-0.39, 0.29) is 18.9 Å². The second-order valence-corrected chi connectivity index (χ2v) is 5.99.